The van der Waals surface area contributed by atoms with Gasteiger partial charge < -0.3 is 56.0 Å². The number of ether oxygens (including phenoxy) is 1. The summed E-state index contributed by atoms with van der Waals surface area (Å²) in [6.45, 7) is 0.384. The van der Waals surface area contributed by atoms with Gasteiger partial charge in [0.2, 0.25) is 11.8 Å². The van der Waals surface area contributed by atoms with Crippen molar-refractivity contribution in [1.29, 1.82) is 0 Å². The molecule has 11 N–H and O–H groups in total. The number of aliphatic carboxylic acids is 1. The molecule has 1 aliphatic heterocycles. The Morgan fingerprint density at radius 2 is 1.43 bits per heavy atom. The van der Waals surface area contributed by atoms with Gasteiger partial charge in [-0.1, -0.05) is 51.0 Å². The standard InChI is InChI=1S/C45H68N7O19P3/c1-43(2,26-68-74(65,66)71-73(63,64)67-25-32-37(70-72(60,61)62)36(57)42(69-32)52-28-51-35-39(46)49-27-50-40(35)52)38(58)41(59)48-22-14-33(54)47-21-13-31(53)23-44(17-18-44)15-5-3-7-29-9-11-30(12-10-29)8-4-6-16-45(19-20-45)24-34(55)56/h9-12,27-28,32,36-38,42,57-58H,3-8,13-26H2,1-2H3,(H,47,54)(H,48,59)(H,55,56)(H,63,64)(H,65,66)(H2,46,49,50)(H2,60,61,62). The molecule has 7 unspecified atom stereocenters. The third-order valence-corrected chi connectivity index (χ3v) is 16.8. The molecule has 0 spiro atoms. The van der Waals surface area contributed by atoms with Crippen molar-refractivity contribution in [2.24, 2.45) is 16.2 Å². The molecule has 74 heavy (non-hydrogen) atoms. The van der Waals surface area contributed by atoms with Gasteiger partial charge >= 0.3 is 29.4 Å². The van der Waals surface area contributed by atoms with Crippen molar-refractivity contribution in [2.75, 3.05) is 32.0 Å². The molecule has 0 bridgehead atoms. The van der Waals surface area contributed by atoms with Gasteiger partial charge in [-0.25, -0.2) is 28.6 Å². The number of aromatic nitrogens is 4. The van der Waals surface area contributed by atoms with E-state index in [4.69, 9.17) is 24.6 Å². The average molecular weight is 1100 g/mol. The quantitative estimate of drug-likeness (QED) is 0.0305. The molecule has 29 heteroatoms. The second-order valence-electron chi connectivity index (χ2n) is 20.3. The first-order valence-electron chi connectivity index (χ1n) is 24.4. The molecule has 412 valence electrons. The van der Waals surface area contributed by atoms with Gasteiger partial charge in [0.1, 0.15) is 42.0 Å². The Bertz CT molecular complexity index is 2590. The lowest BCUT2D eigenvalue weighted by molar-refractivity contribution is -0.139. The number of carbonyl (C=O) groups excluding carboxylic acids is 3. The van der Waals surface area contributed by atoms with Crippen LogP contribution in [0.3, 0.4) is 0 Å². The number of carbonyl (C=O) groups is 4. The smallest absolute Gasteiger partial charge is 0.481 e. The van der Waals surface area contributed by atoms with Crippen LogP contribution in [0.2, 0.25) is 0 Å². The number of aryl methyl sites for hydroxylation is 2. The van der Waals surface area contributed by atoms with Gasteiger partial charge in [-0.3, -0.25) is 37.3 Å². The number of phosphoric acid groups is 3. The molecule has 3 heterocycles. The molecule has 7 atom stereocenters. The third kappa shape index (κ3) is 17.7. The molecule has 26 nitrogen and oxygen atoms in total. The van der Waals surface area contributed by atoms with Crippen molar-refractivity contribution < 1.29 is 90.4 Å². The van der Waals surface area contributed by atoms with E-state index >= 15 is 0 Å². The highest BCUT2D eigenvalue weighted by Crippen LogP contribution is 2.61. The number of aliphatic hydroxyl groups is 2. The second-order valence-corrected chi connectivity index (χ2v) is 24.6. The van der Waals surface area contributed by atoms with E-state index in [0.29, 0.717) is 6.42 Å². The van der Waals surface area contributed by atoms with Crippen LogP contribution in [0.4, 0.5) is 5.82 Å². The molecule has 2 aliphatic carbocycles. The topological polar surface area (TPSA) is 401 Å². The predicted molar refractivity (Wildman–Crippen MR) is 261 cm³/mol. The Morgan fingerprint density at radius 3 is 2.01 bits per heavy atom. The number of nitrogens with two attached hydrogens (primary N) is 1. The Kier molecular flexibility index (Phi) is 19.9. The molecule has 1 saturated heterocycles. The number of imidazole rings is 1. The summed E-state index contributed by atoms with van der Waals surface area (Å²) in [7, 11) is -16.5. The zero-order chi connectivity index (χ0) is 54.1. The molecule has 0 radical (unpaired) electrons. The number of anilines is 1. The number of amides is 2. The maximum atomic E-state index is 12.8. The summed E-state index contributed by atoms with van der Waals surface area (Å²) in [5.74, 6) is -2.12. The number of nitrogen functional groups attached to an aromatic ring is 1. The second kappa shape index (κ2) is 24.9. The van der Waals surface area contributed by atoms with Crippen LogP contribution < -0.4 is 16.4 Å². The van der Waals surface area contributed by atoms with Gasteiger partial charge in [0, 0.05) is 37.8 Å². The van der Waals surface area contributed by atoms with Crippen molar-refractivity contribution in [1.82, 2.24) is 30.2 Å². The van der Waals surface area contributed by atoms with E-state index in [1.54, 1.807) is 0 Å². The molecule has 1 aromatic carbocycles. The monoisotopic (exact) mass is 1100 g/mol. The Labute approximate surface area is 427 Å². The van der Waals surface area contributed by atoms with Gasteiger partial charge in [-0.15, -0.1) is 0 Å². The van der Waals surface area contributed by atoms with Crippen molar-refractivity contribution in [2.45, 2.75) is 147 Å². The third-order valence-electron chi connectivity index (χ3n) is 13.7. The number of rotatable bonds is 33. The van der Waals surface area contributed by atoms with E-state index in [1.165, 1.54) is 25.0 Å². The molecule has 3 aromatic rings. The largest absolute Gasteiger partial charge is 0.481 e. The number of aliphatic hydroxyl groups excluding tert-OH is 2. The highest BCUT2D eigenvalue weighted by atomic mass is 31.3. The van der Waals surface area contributed by atoms with Gasteiger partial charge in [0.15, 0.2) is 17.7 Å². The highest BCUT2D eigenvalue weighted by Gasteiger charge is 2.51. The van der Waals surface area contributed by atoms with Crippen molar-refractivity contribution in [3.63, 3.8) is 0 Å². The lowest BCUT2D eigenvalue weighted by atomic mass is 9.87. The fourth-order valence-electron chi connectivity index (χ4n) is 9.02. The van der Waals surface area contributed by atoms with Crippen molar-refractivity contribution in [3.05, 3.63) is 48.0 Å². The SMILES string of the molecule is CC(C)(COP(=O)(O)OP(=O)(O)OCC1OC(n2cnc3c(N)ncnc32)C(O)C1OP(=O)(O)O)C(O)C(=O)NCCC(=O)NCCC(=O)CC1(CCCCc2ccc(CCCCC3(CC(=O)O)CC3)cc2)CC1. The lowest BCUT2D eigenvalue weighted by Crippen LogP contribution is -2.46. The highest BCUT2D eigenvalue weighted by molar-refractivity contribution is 7.61. The van der Waals surface area contributed by atoms with Gasteiger partial charge in [0.05, 0.1) is 26.0 Å². The number of nitrogens with one attached hydrogen (secondary N) is 2. The van der Waals surface area contributed by atoms with Crippen LogP contribution in [0, 0.1) is 16.2 Å². The first kappa shape index (κ1) is 59.1. The number of carboxylic acids is 1. The van der Waals surface area contributed by atoms with E-state index < -0.39 is 90.5 Å². The van der Waals surface area contributed by atoms with Crippen LogP contribution in [0.15, 0.2) is 36.9 Å². The van der Waals surface area contributed by atoms with Crippen LogP contribution in [0.25, 0.3) is 11.2 Å². The number of hydrogen-bond donors (Lipinski definition) is 10. The molecule has 3 fully saturated rings. The Morgan fingerprint density at radius 1 is 0.851 bits per heavy atom. The number of unbranched alkanes of at least 4 members (excludes halogenated alkanes) is 2. The molecule has 6 rings (SSSR count). The fraction of sp³-hybridized carbons (Fsp3) is 0.667. The van der Waals surface area contributed by atoms with E-state index in [0.717, 1.165) is 94.3 Å². The minimum Gasteiger partial charge on any atom is -0.481 e. The zero-order valence-electron chi connectivity index (χ0n) is 41.2. The number of phosphoric ester groups is 3. The fourth-order valence-corrected chi connectivity index (χ4v) is 11.9. The minimum absolute atomic E-state index is 0.0172. The molecular formula is C45H68N7O19P3. The first-order valence-corrected chi connectivity index (χ1v) is 28.9. The zero-order valence-corrected chi connectivity index (χ0v) is 43.9. The van der Waals surface area contributed by atoms with Gasteiger partial charge in [-0.05, 0) is 86.2 Å². The van der Waals surface area contributed by atoms with E-state index in [2.05, 4.69) is 58.7 Å². The maximum absolute atomic E-state index is 12.8. The summed E-state index contributed by atoms with van der Waals surface area (Å²) in [5, 5.41) is 35.8. The van der Waals surface area contributed by atoms with E-state index in [-0.39, 0.29) is 65.9 Å². The average Bonchev–Trinajstić information content (AvgIpc) is 4.19. The lowest BCUT2D eigenvalue weighted by Gasteiger charge is -2.30. The number of ketones is 1. The van der Waals surface area contributed by atoms with Gasteiger partial charge in [0.25, 0.3) is 0 Å². The summed E-state index contributed by atoms with van der Waals surface area (Å²) in [6, 6.07) is 8.71. The molecule has 2 amide bonds. The number of Topliss-reactive ketones (excluding diaryl/α,β-unsaturated/α-hetero) is 1. The molecule has 3 aliphatic rings. The van der Waals surface area contributed by atoms with Crippen molar-refractivity contribution in [3.8, 4) is 0 Å². The number of hydrogen-bond acceptors (Lipinski definition) is 18. The number of carboxylic acid groups (broad SMARTS) is 1. The van der Waals surface area contributed by atoms with Crippen LogP contribution in [-0.4, -0.2) is 129 Å². The summed E-state index contributed by atoms with van der Waals surface area (Å²) >= 11 is 0. The summed E-state index contributed by atoms with van der Waals surface area (Å²) in [5.41, 5.74) is 6.89. The van der Waals surface area contributed by atoms with Gasteiger partial charge in [-0.2, -0.15) is 4.31 Å². The molecule has 2 saturated carbocycles. The van der Waals surface area contributed by atoms with Crippen molar-refractivity contribution >= 4 is 64.0 Å². The van der Waals surface area contributed by atoms with Crippen LogP contribution in [0.1, 0.15) is 121 Å². The van der Waals surface area contributed by atoms with Crippen LogP contribution in [-0.2, 0) is 68.3 Å². The number of benzene rings is 1. The Hall–Kier alpha value is -4.10. The number of fused-ring (bicyclic) bond motifs is 1. The molecular weight excluding hydrogens is 1040 g/mol. The summed E-state index contributed by atoms with van der Waals surface area (Å²) in [6.07, 6.45) is 5.96. The summed E-state index contributed by atoms with van der Waals surface area (Å²) < 4.78 is 62.6. The van der Waals surface area contributed by atoms with E-state index in [9.17, 15) is 62.7 Å². The first-order chi connectivity index (χ1) is 34.7. The predicted octanol–water partition coefficient (Wildman–Crippen LogP) is 3.92. The van der Waals surface area contributed by atoms with Crippen LogP contribution >= 0.6 is 23.5 Å². The number of nitrogens with zero attached hydrogens (tertiary/aromatic N) is 4. The van der Waals surface area contributed by atoms with E-state index in [1.807, 2.05) is 0 Å². The summed E-state index contributed by atoms with van der Waals surface area (Å²) in [4.78, 5) is 101. The minimum atomic E-state index is -5.59. The van der Waals surface area contributed by atoms with Crippen LogP contribution in [0.5, 0.6) is 0 Å². The molecule has 2 aromatic heterocycles. The normalized spacial score (nSPS) is 22.1. The maximum Gasteiger partial charge on any atom is 0.481 e. The Balaban J connectivity index is 0.830.